The quantitative estimate of drug-likeness (QED) is 0.288. The summed E-state index contributed by atoms with van der Waals surface area (Å²) in [5.41, 5.74) is 1.75. The zero-order chi connectivity index (χ0) is 25.6. The number of benzene rings is 2. The van der Waals surface area contributed by atoms with Gasteiger partial charge in [-0.2, -0.15) is 0 Å². The number of H-pyrrole nitrogens is 1. The van der Waals surface area contributed by atoms with Crippen molar-refractivity contribution in [2.75, 3.05) is 12.5 Å². The predicted molar refractivity (Wildman–Crippen MR) is 152 cm³/mol. The van der Waals surface area contributed by atoms with Gasteiger partial charge in [0.1, 0.15) is 9.79 Å². The van der Waals surface area contributed by atoms with Crippen LogP contribution < -0.4 is 5.43 Å². The zero-order valence-electron chi connectivity index (χ0n) is 18.4. The van der Waals surface area contributed by atoms with Crippen LogP contribution in [0.1, 0.15) is 11.4 Å². The largest absolute Gasteiger partial charge is 0.357 e. The predicted octanol–water partition coefficient (Wildman–Crippen LogP) is 5.05. The number of aromatic nitrogens is 2. The number of sulfone groups is 2. The van der Waals surface area contributed by atoms with Crippen LogP contribution in [-0.2, 0) is 19.7 Å². The van der Waals surface area contributed by atoms with Crippen LogP contribution in [0.2, 0.25) is 5.02 Å². The van der Waals surface area contributed by atoms with Crippen molar-refractivity contribution in [1.29, 1.82) is 0 Å². The van der Waals surface area contributed by atoms with Crippen molar-refractivity contribution in [2.24, 2.45) is 0 Å². The first-order chi connectivity index (χ1) is 15.6. The van der Waals surface area contributed by atoms with E-state index >= 15 is 0 Å². The molecule has 0 fully saturated rings. The Morgan fingerprint density at radius 3 is 1.94 bits per heavy atom. The molecule has 0 saturated heterocycles. The summed E-state index contributed by atoms with van der Waals surface area (Å²) in [6, 6.07) is 10.9. The normalized spacial score (nSPS) is 12.0. The summed E-state index contributed by atoms with van der Waals surface area (Å²) in [5, 5.41) is 1.33. The summed E-state index contributed by atoms with van der Waals surface area (Å²) >= 11 is 10.4. The van der Waals surface area contributed by atoms with E-state index < -0.39 is 25.1 Å². The molecule has 0 unspecified atom stereocenters. The highest BCUT2D eigenvalue weighted by Gasteiger charge is 2.20. The molecule has 2 aromatic heterocycles. The number of pyridine rings is 2. The Kier molecular flexibility index (Phi) is 8.02. The number of hydrogen-bond acceptors (Lipinski definition) is 6. The van der Waals surface area contributed by atoms with E-state index in [1.54, 1.807) is 26.0 Å². The minimum Gasteiger partial charge on any atom is -0.357 e. The number of rotatable bonds is 2. The molecule has 0 saturated carbocycles. The third-order valence-corrected chi connectivity index (χ3v) is 9.17. The molecule has 0 bridgehead atoms. The third-order valence-electron chi connectivity index (χ3n) is 4.85. The van der Waals surface area contributed by atoms with Crippen molar-refractivity contribution >= 4 is 98.3 Å². The van der Waals surface area contributed by atoms with Crippen molar-refractivity contribution in [2.45, 2.75) is 23.6 Å². The highest BCUT2D eigenvalue weighted by molar-refractivity contribution is 14.1. The van der Waals surface area contributed by atoms with Crippen LogP contribution in [0.3, 0.4) is 0 Å². The molecule has 2 heterocycles. The van der Waals surface area contributed by atoms with Crippen LogP contribution in [0.5, 0.6) is 0 Å². The van der Waals surface area contributed by atoms with Gasteiger partial charge in [0.25, 0.3) is 0 Å². The van der Waals surface area contributed by atoms with E-state index in [0.29, 0.717) is 33.2 Å². The van der Waals surface area contributed by atoms with Gasteiger partial charge in [-0.25, -0.2) is 16.8 Å². The van der Waals surface area contributed by atoms with Gasteiger partial charge in [-0.05, 0) is 95.4 Å². The van der Waals surface area contributed by atoms with E-state index in [1.165, 1.54) is 0 Å². The van der Waals surface area contributed by atoms with Crippen molar-refractivity contribution in [1.82, 2.24) is 9.97 Å². The Morgan fingerprint density at radius 2 is 1.38 bits per heavy atom. The van der Waals surface area contributed by atoms with Gasteiger partial charge in [0.05, 0.1) is 16.2 Å². The number of aryl methyl sites for hydroxylation is 2. The van der Waals surface area contributed by atoms with Crippen LogP contribution in [0.4, 0.5) is 0 Å². The van der Waals surface area contributed by atoms with Gasteiger partial charge in [0.2, 0.25) is 5.43 Å². The number of aromatic amines is 1. The molecule has 4 aromatic rings. The molecule has 0 atom stereocenters. The first-order valence-corrected chi connectivity index (χ1v) is 15.9. The lowest BCUT2D eigenvalue weighted by Crippen LogP contribution is -2.17. The Morgan fingerprint density at radius 1 is 0.853 bits per heavy atom. The van der Waals surface area contributed by atoms with Crippen molar-refractivity contribution in [3.05, 3.63) is 70.2 Å². The van der Waals surface area contributed by atoms with Crippen LogP contribution >= 0.6 is 56.8 Å². The Labute approximate surface area is 229 Å². The number of nitrogens with zero attached hydrogens (tertiary/aromatic N) is 1. The second-order valence-electron chi connectivity index (χ2n) is 7.64. The molecule has 7 nitrogen and oxygen atoms in total. The minimum atomic E-state index is -3.51. The van der Waals surface area contributed by atoms with Gasteiger partial charge in [-0.15, -0.1) is 0 Å². The topological polar surface area (TPSA) is 114 Å². The van der Waals surface area contributed by atoms with E-state index in [0.717, 1.165) is 19.7 Å². The molecule has 4 rings (SSSR count). The molecular weight excluding hydrogens is 726 g/mol. The summed E-state index contributed by atoms with van der Waals surface area (Å²) in [4.78, 5) is 19.3. The van der Waals surface area contributed by atoms with Gasteiger partial charge in [-0.1, -0.05) is 11.6 Å². The van der Waals surface area contributed by atoms with Gasteiger partial charge >= 0.3 is 0 Å². The molecule has 180 valence electrons. The van der Waals surface area contributed by atoms with Gasteiger partial charge in [0, 0.05) is 41.6 Å². The Balaban J connectivity index is 0.000000191. The molecule has 0 amide bonds. The molecule has 12 heteroatoms. The smallest absolute Gasteiger partial charge is 0.208 e. The first kappa shape index (κ1) is 27.3. The lowest BCUT2D eigenvalue weighted by atomic mass is 10.2. The summed E-state index contributed by atoms with van der Waals surface area (Å²) in [7, 11) is -6.88. The van der Waals surface area contributed by atoms with Crippen molar-refractivity contribution in [3.8, 4) is 0 Å². The van der Waals surface area contributed by atoms with E-state index in [-0.39, 0.29) is 14.8 Å². The lowest BCUT2D eigenvalue weighted by molar-refractivity contribution is 0.598. The summed E-state index contributed by atoms with van der Waals surface area (Å²) < 4.78 is 48.4. The fourth-order valence-electron chi connectivity index (χ4n) is 3.54. The highest BCUT2D eigenvalue weighted by atomic mass is 127. The fraction of sp³-hybridized carbons (Fsp3) is 0.182. The summed E-state index contributed by atoms with van der Waals surface area (Å²) in [5.74, 6) is 0. The monoisotopic (exact) mass is 744 g/mol. The van der Waals surface area contributed by atoms with Crippen LogP contribution in [0, 0.1) is 21.0 Å². The van der Waals surface area contributed by atoms with Gasteiger partial charge in [0.15, 0.2) is 19.7 Å². The standard InChI is InChI=1S/C11H9ClINO2S.C11H10INO3S/c1-6-11(17(2,15)16)10(12)8-5-7(13)3-4-9(8)14-6;1-6-11(17(2,15)16)10(14)8-5-7(12)3-4-9(8)13-6/h3-5H,1-2H3;3-5H,1-2H3,(H,13,14). The molecule has 34 heavy (non-hydrogen) atoms. The number of halogens is 3. The fourth-order valence-corrected chi connectivity index (χ4v) is 7.30. The average molecular weight is 745 g/mol. The summed E-state index contributed by atoms with van der Waals surface area (Å²) in [6.45, 7) is 3.24. The maximum absolute atomic E-state index is 12.1. The Hall–Kier alpha value is -1.29. The maximum atomic E-state index is 12.1. The SMILES string of the molecule is Cc1[nH]c2ccc(I)cc2c(=O)c1S(C)(=O)=O.Cc1nc2ccc(I)cc2c(Cl)c1S(C)(=O)=O. The third kappa shape index (κ3) is 5.74. The molecule has 2 aromatic carbocycles. The van der Waals surface area contributed by atoms with Crippen molar-refractivity contribution < 1.29 is 16.8 Å². The molecule has 0 aliphatic heterocycles. The van der Waals surface area contributed by atoms with E-state index in [1.807, 2.05) is 24.3 Å². The molecule has 0 spiro atoms. The molecule has 0 radical (unpaired) electrons. The number of fused-ring (bicyclic) bond motifs is 2. The second-order valence-corrected chi connectivity index (χ2v) is 14.4. The molecule has 1 N–H and O–H groups in total. The summed E-state index contributed by atoms with van der Waals surface area (Å²) in [6.07, 6.45) is 2.19. The van der Waals surface area contributed by atoms with E-state index in [4.69, 9.17) is 11.6 Å². The molecular formula is C22H19ClI2N2O5S2. The van der Waals surface area contributed by atoms with Crippen LogP contribution in [0.15, 0.2) is 51.0 Å². The van der Waals surface area contributed by atoms with E-state index in [2.05, 4.69) is 55.1 Å². The molecule has 0 aliphatic carbocycles. The zero-order valence-corrected chi connectivity index (χ0v) is 25.1. The number of nitrogens with one attached hydrogen (secondary N) is 1. The highest BCUT2D eigenvalue weighted by Crippen LogP contribution is 2.32. The second kappa shape index (κ2) is 9.99. The minimum absolute atomic E-state index is 0.119. The maximum Gasteiger partial charge on any atom is 0.208 e. The van der Waals surface area contributed by atoms with Crippen LogP contribution in [-0.4, -0.2) is 39.3 Å². The lowest BCUT2D eigenvalue weighted by Gasteiger charge is -2.09. The van der Waals surface area contributed by atoms with Gasteiger partial charge in [-0.3, -0.25) is 9.78 Å². The average Bonchev–Trinajstić information content (AvgIpc) is 2.68. The van der Waals surface area contributed by atoms with Crippen molar-refractivity contribution in [3.63, 3.8) is 0 Å². The first-order valence-electron chi connectivity index (χ1n) is 9.59. The van der Waals surface area contributed by atoms with E-state index in [9.17, 15) is 21.6 Å². The van der Waals surface area contributed by atoms with Gasteiger partial charge < -0.3 is 4.98 Å². The number of hydrogen-bond donors (Lipinski definition) is 1. The van der Waals surface area contributed by atoms with Crippen LogP contribution in [0.25, 0.3) is 21.8 Å². The Bertz CT molecular complexity index is 1730. The molecule has 0 aliphatic rings.